The third-order valence-electron chi connectivity index (χ3n) is 6.54. The van der Waals surface area contributed by atoms with Crippen molar-refractivity contribution in [3.05, 3.63) is 0 Å². The number of carboxylic acids is 1. The van der Waals surface area contributed by atoms with Crippen LogP contribution in [0.5, 0.6) is 0 Å². The van der Waals surface area contributed by atoms with E-state index in [1.165, 1.54) is 44.9 Å². The fourth-order valence-electron chi connectivity index (χ4n) is 5.73. The summed E-state index contributed by atoms with van der Waals surface area (Å²) < 4.78 is 0. The maximum absolute atomic E-state index is 10.6. The third kappa shape index (κ3) is 3.61. The topological polar surface area (TPSA) is 63.3 Å². The van der Waals surface area contributed by atoms with Crippen LogP contribution in [0.3, 0.4) is 0 Å². The summed E-state index contributed by atoms with van der Waals surface area (Å²) in [6, 6.07) is -0.658. The van der Waals surface area contributed by atoms with Gasteiger partial charge in [0.25, 0.3) is 0 Å². The summed E-state index contributed by atoms with van der Waals surface area (Å²) in [7, 11) is 0. The summed E-state index contributed by atoms with van der Waals surface area (Å²) in [5.74, 6) is 4.45. The number of carbonyl (C=O) groups is 1. The van der Waals surface area contributed by atoms with Gasteiger partial charge in [0, 0.05) is 0 Å². The van der Waals surface area contributed by atoms with Crippen molar-refractivity contribution >= 4 is 5.97 Å². The van der Waals surface area contributed by atoms with E-state index >= 15 is 0 Å². The molecule has 4 fully saturated rings. The first-order valence-electron chi connectivity index (χ1n) is 9.12. The molecule has 0 aliphatic heterocycles. The van der Waals surface area contributed by atoms with Gasteiger partial charge in [-0.15, -0.1) is 0 Å². The van der Waals surface area contributed by atoms with E-state index in [2.05, 4.69) is 0 Å². The molecule has 1 unspecified atom stereocenters. The minimum Gasteiger partial charge on any atom is -0.480 e. The van der Waals surface area contributed by atoms with Gasteiger partial charge < -0.3 is 10.8 Å². The van der Waals surface area contributed by atoms with E-state index in [1.54, 1.807) is 6.42 Å². The van der Waals surface area contributed by atoms with Crippen LogP contribution in [0.1, 0.15) is 70.6 Å². The second-order valence-corrected chi connectivity index (χ2v) is 8.03. The summed E-state index contributed by atoms with van der Waals surface area (Å²) in [6.07, 6.45) is 14.5. The van der Waals surface area contributed by atoms with Gasteiger partial charge in [-0.25, -0.2) is 0 Å². The minimum atomic E-state index is -0.858. The lowest BCUT2D eigenvalue weighted by Crippen LogP contribution is -2.44. The van der Waals surface area contributed by atoms with Crippen molar-refractivity contribution in [3.8, 4) is 0 Å². The summed E-state index contributed by atoms with van der Waals surface area (Å²) in [6.45, 7) is 0. The molecule has 0 aromatic rings. The molecule has 4 rings (SSSR count). The Labute approximate surface area is 128 Å². The molecule has 3 N–H and O–H groups in total. The molecule has 0 aromatic carbocycles. The van der Waals surface area contributed by atoms with E-state index in [0.29, 0.717) is 6.42 Å². The third-order valence-corrected chi connectivity index (χ3v) is 6.54. The van der Waals surface area contributed by atoms with Crippen molar-refractivity contribution < 1.29 is 9.90 Å². The monoisotopic (exact) mass is 293 g/mol. The van der Waals surface area contributed by atoms with Gasteiger partial charge in [-0.1, -0.05) is 25.7 Å². The smallest absolute Gasteiger partial charge is 0.320 e. The molecule has 4 saturated carbocycles. The van der Waals surface area contributed by atoms with Crippen molar-refractivity contribution in [1.29, 1.82) is 0 Å². The Morgan fingerprint density at radius 1 is 0.952 bits per heavy atom. The van der Waals surface area contributed by atoms with Gasteiger partial charge in [0.1, 0.15) is 6.04 Å². The molecule has 0 radical (unpaired) electrons. The summed E-state index contributed by atoms with van der Waals surface area (Å²) in [5, 5.41) is 8.75. The standard InChI is InChI=1S/C18H31NO2/c19-17(18(20)21)6-4-2-1-3-5-16-14-8-12-7-13(10-14)11-15(16)9-12/h12-17H,1-11,19H2,(H,20,21). The predicted molar refractivity (Wildman–Crippen MR) is 83.8 cm³/mol. The summed E-state index contributed by atoms with van der Waals surface area (Å²) in [4.78, 5) is 10.6. The van der Waals surface area contributed by atoms with Crippen LogP contribution < -0.4 is 5.73 Å². The van der Waals surface area contributed by atoms with Gasteiger partial charge in [-0.3, -0.25) is 4.79 Å². The number of nitrogens with two attached hydrogens (primary N) is 1. The van der Waals surface area contributed by atoms with Crippen LogP contribution >= 0.6 is 0 Å². The average Bonchev–Trinajstić information content (AvgIpc) is 2.43. The highest BCUT2D eigenvalue weighted by molar-refractivity contribution is 5.72. The molecule has 0 amide bonds. The van der Waals surface area contributed by atoms with Crippen molar-refractivity contribution in [2.45, 2.75) is 76.7 Å². The van der Waals surface area contributed by atoms with Crippen LogP contribution in [0.2, 0.25) is 0 Å². The Balaban J connectivity index is 1.30. The molecule has 120 valence electrons. The lowest BCUT2D eigenvalue weighted by atomic mass is 9.51. The molecule has 0 saturated heterocycles. The van der Waals surface area contributed by atoms with Gasteiger partial charge in [0.2, 0.25) is 0 Å². The Morgan fingerprint density at radius 2 is 1.52 bits per heavy atom. The summed E-state index contributed by atoms with van der Waals surface area (Å²) >= 11 is 0. The Morgan fingerprint density at radius 3 is 2.10 bits per heavy atom. The van der Waals surface area contributed by atoms with E-state index < -0.39 is 12.0 Å². The van der Waals surface area contributed by atoms with Crippen molar-refractivity contribution in [2.75, 3.05) is 0 Å². The molecule has 21 heavy (non-hydrogen) atoms. The first-order valence-corrected chi connectivity index (χ1v) is 9.12. The molecule has 0 heterocycles. The zero-order valence-corrected chi connectivity index (χ0v) is 13.2. The van der Waals surface area contributed by atoms with E-state index in [-0.39, 0.29) is 0 Å². The van der Waals surface area contributed by atoms with Crippen LogP contribution in [-0.2, 0) is 4.79 Å². The highest BCUT2D eigenvalue weighted by atomic mass is 16.4. The van der Waals surface area contributed by atoms with Gasteiger partial charge in [-0.05, 0) is 74.5 Å². The first-order chi connectivity index (χ1) is 10.1. The fraction of sp³-hybridized carbons (Fsp3) is 0.944. The fourth-order valence-corrected chi connectivity index (χ4v) is 5.73. The zero-order valence-electron chi connectivity index (χ0n) is 13.2. The number of aliphatic carboxylic acids is 1. The molecular weight excluding hydrogens is 262 g/mol. The number of unbranched alkanes of at least 4 members (excludes halogenated alkanes) is 3. The molecular formula is C18H31NO2. The Hall–Kier alpha value is -0.570. The van der Waals surface area contributed by atoms with Crippen LogP contribution in [0.15, 0.2) is 0 Å². The normalized spacial score (nSPS) is 38.6. The lowest BCUT2D eigenvalue weighted by Gasteiger charge is -2.54. The second kappa shape index (κ2) is 6.68. The quantitative estimate of drug-likeness (QED) is 0.669. The van der Waals surface area contributed by atoms with Crippen molar-refractivity contribution in [2.24, 2.45) is 35.3 Å². The van der Waals surface area contributed by atoms with Gasteiger partial charge >= 0.3 is 5.97 Å². The van der Waals surface area contributed by atoms with Gasteiger partial charge in [0.15, 0.2) is 0 Å². The molecule has 1 atom stereocenters. The number of rotatable bonds is 8. The molecule has 3 nitrogen and oxygen atoms in total. The Bertz CT molecular complexity index is 340. The highest BCUT2D eigenvalue weighted by Crippen LogP contribution is 2.57. The molecule has 0 aromatic heterocycles. The van der Waals surface area contributed by atoms with E-state index in [1.807, 2.05) is 0 Å². The number of hydrogen-bond acceptors (Lipinski definition) is 2. The van der Waals surface area contributed by atoms with Gasteiger partial charge in [-0.2, -0.15) is 0 Å². The van der Waals surface area contributed by atoms with Crippen LogP contribution in [0.4, 0.5) is 0 Å². The molecule has 4 aliphatic carbocycles. The number of carboxylic acid groups (broad SMARTS) is 1. The second-order valence-electron chi connectivity index (χ2n) is 8.03. The van der Waals surface area contributed by atoms with Gasteiger partial charge in [0.05, 0.1) is 0 Å². The van der Waals surface area contributed by atoms with Crippen LogP contribution in [0.25, 0.3) is 0 Å². The number of hydrogen-bond donors (Lipinski definition) is 2. The average molecular weight is 293 g/mol. The molecule has 0 spiro atoms. The van der Waals surface area contributed by atoms with Crippen molar-refractivity contribution in [3.63, 3.8) is 0 Å². The van der Waals surface area contributed by atoms with E-state index in [4.69, 9.17) is 10.8 Å². The lowest BCUT2D eigenvalue weighted by molar-refractivity contribution is -0.138. The maximum atomic E-state index is 10.6. The maximum Gasteiger partial charge on any atom is 0.320 e. The molecule has 4 aliphatic rings. The van der Waals surface area contributed by atoms with Crippen LogP contribution in [0, 0.1) is 29.6 Å². The largest absolute Gasteiger partial charge is 0.480 e. The molecule has 4 bridgehead atoms. The van der Waals surface area contributed by atoms with Crippen molar-refractivity contribution in [1.82, 2.24) is 0 Å². The Kier molecular flexibility index (Phi) is 4.88. The first kappa shape index (κ1) is 15.3. The minimum absolute atomic E-state index is 0.632. The van der Waals surface area contributed by atoms with E-state index in [9.17, 15) is 4.79 Å². The molecule has 3 heteroatoms. The van der Waals surface area contributed by atoms with E-state index in [0.717, 1.165) is 42.4 Å². The highest BCUT2D eigenvalue weighted by Gasteiger charge is 2.47. The summed E-state index contributed by atoms with van der Waals surface area (Å²) in [5.41, 5.74) is 5.53. The van der Waals surface area contributed by atoms with Crippen LogP contribution in [-0.4, -0.2) is 17.1 Å². The SMILES string of the molecule is NC(CCCCCCC1C2CC3CC(C2)CC1C3)C(=O)O. The predicted octanol–water partition coefficient (Wildman–Crippen LogP) is 3.81. The zero-order chi connectivity index (χ0) is 14.8.